The van der Waals surface area contributed by atoms with Gasteiger partial charge in [0.15, 0.2) is 8.67 Å². The number of ether oxygens (including phenoxy) is 1. The van der Waals surface area contributed by atoms with Crippen molar-refractivity contribution in [1.82, 2.24) is 0 Å². The molecule has 0 aromatic carbocycles. The predicted octanol–water partition coefficient (Wildman–Crippen LogP) is 6.43. The third-order valence-electron chi connectivity index (χ3n) is 2.00. The van der Waals surface area contributed by atoms with Crippen LogP contribution in [0.15, 0.2) is 0 Å². The summed E-state index contributed by atoms with van der Waals surface area (Å²) in [6.07, 6.45) is 0.382. The van der Waals surface area contributed by atoms with Crippen LogP contribution in [-0.4, -0.2) is 17.7 Å². The maximum atomic E-state index is 5.88. The van der Waals surface area contributed by atoms with Crippen molar-refractivity contribution in [3.8, 4) is 0 Å². The Kier molecular flexibility index (Phi) is 7.22. The van der Waals surface area contributed by atoms with Crippen molar-refractivity contribution in [2.45, 2.75) is 44.4 Å². The highest BCUT2D eigenvalue weighted by atomic mass is 35.5. The fourth-order valence-electron chi connectivity index (χ4n) is 0.722. The molecule has 0 aliphatic carbocycles. The topological polar surface area (TPSA) is 9.23 Å². The van der Waals surface area contributed by atoms with Crippen molar-refractivity contribution in [3.63, 3.8) is 0 Å². The molecule has 0 heterocycles. The van der Waals surface area contributed by atoms with E-state index in [1.807, 2.05) is 0 Å². The summed E-state index contributed by atoms with van der Waals surface area (Å²) in [6.45, 7) is 3.31. The molecular weight excluding hydrogens is 396 g/mol. The number of rotatable bonds is 6. The van der Waals surface area contributed by atoms with Gasteiger partial charge in [0, 0.05) is 0 Å². The van der Waals surface area contributed by atoms with Gasteiger partial charge < -0.3 is 4.74 Å². The van der Waals surface area contributed by atoms with Gasteiger partial charge in [0.1, 0.15) is 0 Å². The lowest BCUT2D eigenvalue weighted by Gasteiger charge is -2.40. The van der Waals surface area contributed by atoms with Crippen molar-refractivity contribution in [1.29, 1.82) is 0 Å². The Morgan fingerprint density at radius 1 is 0.647 bits per heavy atom. The van der Waals surface area contributed by atoms with Crippen LogP contribution >= 0.6 is 92.8 Å². The van der Waals surface area contributed by atoms with E-state index in [9.17, 15) is 0 Å². The molecule has 0 atom stereocenters. The summed E-state index contributed by atoms with van der Waals surface area (Å²) in [5.74, 6) is 0. The molecule has 0 aromatic heterocycles. The molecule has 0 amide bonds. The molecule has 0 bridgehead atoms. The first kappa shape index (κ1) is 19.3. The quantitative estimate of drug-likeness (QED) is 0.462. The maximum absolute atomic E-state index is 5.88. The molecule has 0 radical (unpaired) electrons. The summed E-state index contributed by atoms with van der Waals surface area (Å²) < 4.78 is -2.32. The zero-order valence-electron chi connectivity index (χ0n) is 8.85. The van der Waals surface area contributed by atoms with Gasteiger partial charge in [0.2, 0.25) is 0 Å². The highest BCUT2D eigenvalue weighted by Gasteiger charge is 2.57. The van der Waals surface area contributed by atoms with Crippen LogP contribution in [0.5, 0.6) is 0 Å². The zero-order chi connectivity index (χ0) is 14.1. The third-order valence-corrected chi connectivity index (χ3v) is 6.50. The minimum absolute atomic E-state index is 0.191. The van der Waals surface area contributed by atoms with Gasteiger partial charge in [-0.15, -0.1) is 0 Å². The molecule has 0 aliphatic heterocycles. The zero-order valence-corrected chi connectivity index (χ0v) is 14.9. The summed E-state index contributed by atoms with van der Waals surface area (Å²) in [5.41, 5.74) is 0. The highest BCUT2D eigenvalue weighted by Crippen LogP contribution is 2.54. The normalized spacial score (nSPS) is 15.2. The van der Waals surface area contributed by atoms with Crippen LogP contribution in [0.4, 0.5) is 0 Å². The molecule has 0 saturated carbocycles. The second-order valence-electron chi connectivity index (χ2n) is 3.25. The Hall–Kier alpha value is 2.28. The van der Waals surface area contributed by atoms with Gasteiger partial charge >= 0.3 is 0 Å². The first-order chi connectivity index (χ1) is 7.33. The number of alkyl halides is 8. The molecule has 0 saturated heterocycles. The number of hydrogen-bond donors (Lipinski definition) is 0. The van der Waals surface area contributed by atoms with E-state index in [0.29, 0.717) is 0 Å². The minimum Gasteiger partial charge on any atom is -0.305 e. The van der Waals surface area contributed by atoms with Gasteiger partial charge in [0.25, 0.3) is 9.04 Å². The molecule has 17 heavy (non-hydrogen) atoms. The van der Waals surface area contributed by atoms with Crippen LogP contribution in [0.3, 0.4) is 0 Å². The molecule has 0 spiro atoms. The summed E-state index contributed by atoms with van der Waals surface area (Å²) in [5, 5.41) is 0. The standard InChI is InChI=1S/C8H10Cl8O/c1-3-5(9,10)7(13,14)17-8(15,16)6(11,12)4-2/h3-4H2,1-2H3. The second kappa shape index (κ2) is 6.37. The highest BCUT2D eigenvalue weighted by molar-refractivity contribution is 6.64. The Balaban J connectivity index is 5.07. The fraction of sp³-hybridized carbons (Fsp3) is 1.00. The lowest BCUT2D eigenvalue weighted by atomic mass is 10.3. The first-order valence-electron chi connectivity index (χ1n) is 4.54. The Morgan fingerprint density at radius 3 is 1.06 bits per heavy atom. The molecule has 0 N–H and O–H groups in total. The van der Waals surface area contributed by atoms with Crippen LogP contribution in [0.2, 0.25) is 0 Å². The summed E-state index contributed by atoms with van der Waals surface area (Å²) in [7, 11) is 0. The maximum Gasteiger partial charge on any atom is 0.253 e. The van der Waals surface area contributed by atoms with Gasteiger partial charge in [-0.1, -0.05) is 107 Å². The van der Waals surface area contributed by atoms with Crippen LogP contribution in [0.25, 0.3) is 0 Å². The minimum atomic E-state index is -2.07. The van der Waals surface area contributed by atoms with Gasteiger partial charge in [-0.05, 0) is 12.8 Å². The average molecular weight is 406 g/mol. The van der Waals surface area contributed by atoms with E-state index in [2.05, 4.69) is 0 Å². The Labute approximate surface area is 141 Å². The van der Waals surface area contributed by atoms with E-state index in [0.717, 1.165) is 0 Å². The molecule has 1 nitrogen and oxygen atoms in total. The molecule has 0 unspecified atom stereocenters. The van der Waals surface area contributed by atoms with Gasteiger partial charge in [-0.3, -0.25) is 0 Å². The number of hydrogen-bond acceptors (Lipinski definition) is 1. The van der Waals surface area contributed by atoms with Crippen LogP contribution in [-0.2, 0) is 4.74 Å². The van der Waals surface area contributed by atoms with E-state index >= 15 is 0 Å². The SMILES string of the molecule is CCC(Cl)(Cl)C(Cl)(Cl)OC(Cl)(Cl)C(Cl)(Cl)CC. The molecular formula is C8H10Cl8O. The molecule has 0 aliphatic rings. The van der Waals surface area contributed by atoms with Crippen molar-refractivity contribution in [2.75, 3.05) is 0 Å². The molecule has 104 valence electrons. The summed E-state index contributed by atoms with van der Waals surface area (Å²) in [4.78, 5) is 0. The lowest BCUT2D eigenvalue weighted by Crippen LogP contribution is -2.49. The molecule has 0 rings (SSSR count). The Morgan fingerprint density at radius 2 is 0.882 bits per heavy atom. The van der Waals surface area contributed by atoms with E-state index < -0.39 is 17.7 Å². The largest absolute Gasteiger partial charge is 0.305 e. The average Bonchev–Trinajstić information content (AvgIpc) is 2.15. The first-order valence-corrected chi connectivity index (χ1v) is 7.57. The van der Waals surface area contributed by atoms with Crippen molar-refractivity contribution >= 4 is 92.8 Å². The van der Waals surface area contributed by atoms with E-state index in [1.165, 1.54) is 0 Å². The van der Waals surface area contributed by atoms with E-state index in [4.69, 9.17) is 97.5 Å². The van der Waals surface area contributed by atoms with Gasteiger partial charge in [0.05, 0.1) is 0 Å². The monoisotopic (exact) mass is 402 g/mol. The molecule has 0 fully saturated rings. The van der Waals surface area contributed by atoms with Crippen molar-refractivity contribution < 1.29 is 4.74 Å². The van der Waals surface area contributed by atoms with Crippen LogP contribution in [0.1, 0.15) is 26.7 Å². The third kappa shape index (κ3) is 4.65. The van der Waals surface area contributed by atoms with Gasteiger partial charge in [-0.2, -0.15) is 0 Å². The molecule has 0 aromatic rings. The second-order valence-corrected chi connectivity index (χ2v) is 8.74. The summed E-state index contributed by atoms with van der Waals surface area (Å²) in [6, 6.07) is 0. The Bertz CT molecular complexity index is 236. The van der Waals surface area contributed by atoms with Crippen LogP contribution in [0, 0.1) is 0 Å². The van der Waals surface area contributed by atoms with E-state index in [1.54, 1.807) is 13.8 Å². The van der Waals surface area contributed by atoms with Crippen molar-refractivity contribution in [2.24, 2.45) is 0 Å². The van der Waals surface area contributed by atoms with E-state index in [-0.39, 0.29) is 12.8 Å². The van der Waals surface area contributed by atoms with Crippen LogP contribution < -0.4 is 0 Å². The smallest absolute Gasteiger partial charge is 0.253 e. The van der Waals surface area contributed by atoms with Gasteiger partial charge in [-0.25, -0.2) is 0 Å². The summed E-state index contributed by atoms with van der Waals surface area (Å²) >= 11 is 47.0. The van der Waals surface area contributed by atoms with Crippen molar-refractivity contribution in [3.05, 3.63) is 0 Å². The molecule has 9 heteroatoms. The number of halogens is 8. The predicted molar refractivity (Wildman–Crippen MR) is 79.4 cm³/mol. The lowest BCUT2D eigenvalue weighted by molar-refractivity contribution is 0.00853. The fourth-order valence-corrected chi connectivity index (χ4v) is 2.03.